The highest BCUT2D eigenvalue weighted by Crippen LogP contribution is 2.29. The lowest BCUT2D eigenvalue weighted by Gasteiger charge is -2.23. The quantitative estimate of drug-likeness (QED) is 0.789. The Balaban J connectivity index is 2.19. The van der Waals surface area contributed by atoms with Gasteiger partial charge in [-0.05, 0) is 32.2 Å². The van der Waals surface area contributed by atoms with Crippen molar-refractivity contribution in [1.82, 2.24) is 15.1 Å². The topological polar surface area (TPSA) is 29.9 Å². The first-order valence-corrected chi connectivity index (χ1v) is 6.22. The summed E-state index contributed by atoms with van der Waals surface area (Å²) >= 11 is 0. The fraction of sp³-hybridized carbons (Fsp3) is 0.615. The molecule has 1 heterocycles. The molecular formula is C13H21N3. The fourth-order valence-electron chi connectivity index (χ4n) is 2.38. The first kappa shape index (κ1) is 11.4. The first-order chi connectivity index (χ1) is 7.81. The van der Waals surface area contributed by atoms with E-state index in [9.17, 15) is 0 Å². The van der Waals surface area contributed by atoms with Gasteiger partial charge in [-0.1, -0.05) is 18.6 Å². The Morgan fingerprint density at radius 2 is 2.38 bits per heavy atom. The second-order valence-corrected chi connectivity index (χ2v) is 4.46. The van der Waals surface area contributed by atoms with Crippen LogP contribution in [0.3, 0.4) is 0 Å². The molecule has 3 nitrogen and oxygen atoms in total. The first-order valence-electron chi connectivity index (χ1n) is 6.22. The van der Waals surface area contributed by atoms with Crippen LogP contribution in [0.2, 0.25) is 0 Å². The summed E-state index contributed by atoms with van der Waals surface area (Å²) in [7, 11) is 1.97. The van der Waals surface area contributed by atoms with Crippen LogP contribution in [0, 0.1) is 0 Å². The van der Waals surface area contributed by atoms with Gasteiger partial charge in [-0.15, -0.1) is 0 Å². The molecule has 2 rings (SSSR count). The second-order valence-electron chi connectivity index (χ2n) is 4.46. The largest absolute Gasteiger partial charge is 0.307 e. The summed E-state index contributed by atoms with van der Waals surface area (Å²) in [5, 5.41) is 7.82. The molecule has 3 heteroatoms. The van der Waals surface area contributed by atoms with Crippen LogP contribution in [0.25, 0.3) is 0 Å². The molecule has 0 saturated heterocycles. The van der Waals surface area contributed by atoms with Crippen molar-refractivity contribution in [3.05, 3.63) is 29.6 Å². The van der Waals surface area contributed by atoms with Crippen LogP contribution in [0.4, 0.5) is 0 Å². The second kappa shape index (κ2) is 5.30. The van der Waals surface area contributed by atoms with Gasteiger partial charge in [0, 0.05) is 18.8 Å². The lowest BCUT2D eigenvalue weighted by atomic mass is 9.91. The van der Waals surface area contributed by atoms with Crippen molar-refractivity contribution in [2.45, 2.75) is 38.6 Å². The molecule has 0 aliphatic heterocycles. The number of likely N-dealkylation sites (N-methyl/N-ethyl adjacent to an activating group) is 1. The zero-order chi connectivity index (χ0) is 11.4. The molecule has 1 N–H and O–H groups in total. The van der Waals surface area contributed by atoms with Gasteiger partial charge in [0.05, 0.1) is 12.2 Å². The van der Waals surface area contributed by atoms with E-state index in [1.165, 1.54) is 31.2 Å². The molecule has 0 bridgehead atoms. The van der Waals surface area contributed by atoms with E-state index >= 15 is 0 Å². The van der Waals surface area contributed by atoms with Crippen molar-refractivity contribution in [3.63, 3.8) is 0 Å². The number of aromatic nitrogens is 2. The lowest BCUT2D eigenvalue weighted by Crippen LogP contribution is -2.23. The van der Waals surface area contributed by atoms with Crippen molar-refractivity contribution >= 4 is 0 Å². The zero-order valence-electron chi connectivity index (χ0n) is 10.2. The van der Waals surface area contributed by atoms with Gasteiger partial charge in [-0.3, -0.25) is 4.68 Å². The molecule has 0 spiro atoms. The van der Waals surface area contributed by atoms with E-state index in [1.54, 1.807) is 5.57 Å². The molecule has 0 aromatic carbocycles. The maximum absolute atomic E-state index is 4.26. The zero-order valence-corrected chi connectivity index (χ0v) is 10.2. The summed E-state index contributed by atoms with van der Waals surface area (Å²) in [6.07, 6.45) is 11.6. The monoisotopic (exact) mass is 219 g/mol. The molecule has 0 fully saturated rings. The van der Waals surface area contributed by atoms with Crippen molar-refractivity contribution in [2.75, 3.05) is 6.54 Å². The third-order valence-corrected chi connectivity index (χ3v) is 3.16. The Morgan fingerprint density at radius 3 is 2.94 bits per heavy atom. The van der Waals surface area contributed by atoms with E-state index in [2.05, 4.69) is 29.6 Å². The Hall–Kier alpha value is -1.09. The van der Waals surface area contributed by atoms with Gasteiger partial charge in [0.15, 0.2) is 0 Å². The number of hydrogen-bond donors (Lipinski definition) is 1. The van der Waals surface area contributed by atoms with E-state index < -0.39 is 0 Å². The van der Waals surface area contributed by atoms with Gasteiger partial charge in [-0.2, -0.15) is 5.10 Å². The van der Waals surface area contributed by atoms with Crippen LogP contribution in [-0.2, 0) is 7.05 Å². The van der Waals surface area contributed by atoms with Gasteiger partial charge >= 0.3 is 0 Å². The molecule has 1 aliphatic rings. The summed E-state index contributed by atoms with van der Waals surface area (Å²) in [6.45, 7) is 3.16. The highest BCUT2D eigenvalue weighted by atomic mass is 15.2. The predicted molar refractivity (Wildman–Crippen MR) is 66.2 cm³/mol. The van der Waals surface area contributed by atoms with E-state index in [4.69, 9.17) is 0 Å². The molecule has 16 heavy (non-hydrogen) atoms. The Labute approximate surface area is 97.5 Å². The summed E-state index contributed by atoms with van der Waals surface area (Å²) < 4.78 is 1.88. The highest BCUT2D eigenvalue weighted by molar-refractivity contribution is 5.25. The van der Waals surface area contributed by atoms with Gasteiger partial charge in [-0.25, -0.2) is 0 Å². The predicted octanol–water partition coefficient (Wildman–Crippen LogP) is 2.57. The third kappa shape index (κ3) is 2.53. The number of nitrogens with zero attached hydrogens (tertiary/aromatic N) is 2. The molecule has 0 amide bonds. The summed E-state index contributed by atoms with van der Waals surface area (Å²) in [5.74, 6) is 0. The van der Waals surface area contributed by atoms with Crippen LogP contribution in [-0.4, -0.2) is 16.3 Å². The summed E-state index contributed by atoms with van der Waals surface area (Å²) in [6, 6.07) is 0.374. The smallest absolute Gasteiger partial charge is 0.0567 e. The Morgan fingerprint density at radius 1 is 1.50 bits per heavy atom. The number of nitrogens with one attached hydrogen (secondary N) is 1. The molecular weight excluding hydrogens is 198 g/mol. The summed E-state index contributed by atoms with van der Waals surface area (Å²) in [4.78, 5) is 0. The average molecular weight is 219 g/mol. The SMILES string of the molecule is CCNC(C1=CCCCC1)c1cnn(C)c1. The molecule has 1 aliphatic carbocycles. The lowest BCUT2D eigenvalue weighted by molar-refractivity contribution is 0.563. The van der Waals surface area contributed by atoms with Crippen molar-refractivity contribution in [3.8, 4) is 0 Å². The molecule has 1 unspecified atom stereocenters. The molecule has 1 atom stereocenters. The van der Waals surface area contributed by atoms with Crippen LogP contribution in [0.15, 0.2) is 24.0 Å². The molecule has 1 aromatic rings. The standard InChI is InChI=1S/C13H21N3/c1-3-14-13(11-7-5-4-6-8-11)12-9-15-16(2)10-12/h7,9-10,13-14H,3-6,8H2,1-2H3. The molecule has 0 saturated carbocycles. The van der Waals surface area contributed by atoms with Gasteiger partial charge in [0.2, 0.25) is 0 Å². The van der Waals surface area contributed by atoms with Crippen molar-refractivity contribution in [2.24, 2.45) is 7.05 Å². The van der Waals surface area contributed by atoms with Gasteiger partial charge in [0.25, 0.3) is 0 Å². The van der Waals surface area contributed by atoms with Crippen molar-refractivity contribution < 1.29 is 0 Å². The van der Waals surface area contributed by atoms with E-state index in [1.807, 2.05) is 17.9 Å². The summed E-state index contributed by atoms with van der Waals surface area (Å²) in [5.41, 5.74) is 2.83. The maximum atomic E-state index is 4.26. The normalized spacial score (nSPS) is 18.2. The van der Waals surface area contributed by atoms with E-state index in [0.717, 1.165) is 6.54 Å². The number of allylic oxidation sites excluding steroid dienone is 1. The van der Waals surface area contributed by atoms with Crippen LogP contribution < -0.4 is 5.32 Å². The Kier molecular flexibility index (Phi) is 3.78. The minimum Gasteiger partial charge on any atom is -0.307 e. The van der Waals surface area contributed by atoms with Gasteiger partial charge < -0.3 is 5.32 Å². The third-order valence-electron chi connectivity index (χ3n) is 3.16. The van der Waals surface area contributed by atoms with E-state index in [-0.39, 0.29) is 0 Å². The molecule has 88 valence electrons. The van der Waals surface area contributed by atoms with Gasteiger partial charge in [0.1, 0.15) is 0 Å². The minimum atomic E-state index is 0.374. The number of aryl methyl sites for hydroxylation is 1. The number of hydrogen-bond acceptors (Lipinski definition) is 2. The maximum Gasteiger partial charge on any atom is 0.0567 e. The molecule has 1 aromatic heterocycles. The average Bonchev–Trinajstić information content (AvgIpc) is 2.74. The highest BCUT2D eigenvalue weighted by Gasteiger charge is 2.18. The van der Waals surface area contributed by atoms with Crippen LogP contribution in [0.1, 0.15) is 44.2 Å². The van der Waals surface area contributed by atoms with Crippen molar-refractivity contribution in [1.29, 1.82) is 0 Å². The molecule has 0 radical (unpaired) electrons. The van der Waals surface area contributed by atoms with Crippen LogP contribution >= 0.6 is 0 Å². The van der Waals surface area contributed by atoms with Crippen LogP contribution in [0.5, 0.6) is 0 Å². The fourth-order valence-corrected chi connectivity index (χ4v) is 2.38. The number of rotatable bonds is 4. The Bertz CT molecular complexity index is 365. The van der Waals surface area contributed by atoms with E-state index in [0.29, 0.717) is 6.04 Å². The minimum absolute atomic E-state index is 0.374.